The van der Waals surface area contributed by atoms with Crippen molar-refractivity contribution in [2.75, 3.05) is 5.32 Å². The predicted molar refractivity (Wildman–Crippen MR) is 98.2 cm³/mol. The zero-order valence-electron chi connectivity index (χ0n) is 12.3. The fourth-order valence-corrected chi connectivity index (χ4v) is 2.42. The number of hydrogen-bond donors (Lipinski definition) is 2. The van der Waals surface area contributed by atoms with Crippen molar-refractivity contribution in [2.24, 2.45) is 5.73 Å². The first-order valence-electron chi connectivity index (χ1n) is 6.67. The number of halogens is 3. The van der Waals surface area contributed by atoms with Crippen molar-refractivity contribution in [3.05, 3.63) is 53.6 Å². The number of fused-ring (bicyclic) bond motifs is 1. The van der Waals surface area contributed by atoms with Crippen molar-refractivity contribution in [2.45, 2.75) is 25.3 Å². The lowest BCUT2D eigenvalue weighted by molar-refractivity contribution is 0.102. The minimum atomic E-state index is -0.181. The molecule has 5 nitrogen and oxygen atoms in total. The third-order valence-electron chi connectivity index (χ3n) is 3.48. The maximum atomic E-state index is 12.0. The Morgan fingerprint density at radius 3 is 2.74 bits per heavy atom. The van der Waals surface area contributed by atoms with E-state index in [0.717, 1.165) is 30.5 Å². The van der Waals surface area contributed by atoms with Gasteiger partial charge in [0.1, 0.15) is 0 Å². The van der Waals surface area contributed by atoms with E-state index < -0.39 is 0 Å². The average Bonchev–Trinajstić information content (AvgIpc) is 2.47. The van der Waals surface area contributed by atoms with Crippen molar-refractivity contribution in [3.63, 3.8) is 0 Å². The van der Waals surface area contributed by atoms with Gasteiger partial charge >= 0.3 is 0 Å². The van der Waals surface area contributed by atoms with Gasteiger partial charge < -0.3 is 11.1 Å². The highest BCUT2D eigenvalue weighted by atomic mass is 35.5. The zero-order chi connectivity index (χ0) is 13.9. The second kappa shape index (κ2) is 9.67. The number of aromatic nitrogens is 2. The Kier molecular flexibility index (Phi) is 9.09. The molecule has 0 bridgehead atoms. The summed E-state index contributed by atoms with van der Waals surface area (Å²) in [5.74, 6) is -0.181. The van der Waals surface area contributed by atoms with E-state index in [1.165, 1.54) is 6.20 Å². The number of nitrogens with one attached hydrogen (secondary N) is 1. The number of hydrogen-bond acceptors (Lipinski definition) is 4. The highest BCUT2D eigenvalue weighted by molar-refractivity contribution is 6.03. The van der Waals surface area contributed by atoms with Gasteiger partial charge in [0.15, 0.2) is 0 Å². The summed E-state index contributed by atoms with van der Waals surface area (Å²) in [6.45, 7) is 0. The molecule has 8 heteroatoms. The summed E-state index contributed by atoms with van der Waals surface area (Å²) in [6.07, 6.45) is 7.58. The molecule has 1 aliphatic rings. The average molecular weight is 378 g/mol. The first-order chi connectivity index (χ1) is 9.72. The zero-order valence-corrected chi connectivity index (χ0v) is 14.7. The molecule has 1 amide bonds. The van der Waals surface area contributed by atoms with Crippen LogP contribution in [0.5, 0.6) is 0 Å². The Hall–Kier alpha value is -1.40. The van der Waals surface area contributed by atoms with Crippen molar-refractivity contribution in [1.29, 1.82) is 0 Å². The topological polar surface area (TPSA) is 80.9 Å². The lowest BCUT2D eigenvalue weighted by Gasteiger charge is -2.21. The first-order valence-corrected chi connectivity index (χ1v) is 6.67. The molecule has 3 rings (SSSR count). The van der Waals surface area contributed by atoms with Gasteiger partial charge in [0, 0.05) is 24.1 Å². The number of aryl methyl sites for hydroxylation is 1. The summed E-state index contributed by atoms with van der Waals surface area (Å²) in [6, 6.07) is 5.62. The van der Waals surface area contributed by atoms with Crippen LogP contribution in [0.15, 0.2) is 36.8 Å². The summed E-state index contributed by atoms with van der Waals surface area (Å²) in [4.78, 5) is 20.4. The van der Waals surface area contributed by atoms with Crippen LogP contribution in [0.2, 0.25) is 0 Å². The molecule has 1 aliphatic carbocycles. The van der Waals surface area contributed by atoms with E-state index in [4.69, 9.17) is 5.73 Å². The largest absolute Gasteiger partial charge is 0.327 e. The summed E-state index contributed by atoms with van der Waals surface area (Å²) in [5, 5.41) is 2.84. The lowest BCUT2D eigenvalue weighted by atomic mass is 9.92. The quantitative estimate of drug-likeness (QED) is 0.843. The minimum absolute atomic E-state index is 0. The van der Waals surface area contributed by atoms with E-state index in [9.17, 15) is 4.79 Å². The van der Waals surface area contributed by atoms with E-state index in [0.29, 0.717) is 11.3 Å². The maximum Gasteiger partial charge on any atom is 0.257 e. The smallest absolute Gasteiger partial charge is 0.257 e. The normalized spacial score (nSPS) is 15.1. The van der Waals surface area contributed by atoms with Crippen LogP contribution in [0, 0.1) is 0 Å². The summed E-state index contributed by atoms with van der Waals surface area (Å²) in [7, 11) is 0. The highest BCUT2D eigenvalue weighted by Crippen LogP contribution is 2.21. The Labute approximate surface area is 153 Å². The minimum Gasteiger partial charge on any atom is -0.327 e. The first kappa shape index (κ1) is 21.6. The molecular weight excluding hydrogens is 359 g/mol. The van der Waals surface area contributed by atoms with E-state index in [1.807, 2.05) is 6.07 Å². The summed E-state index contributed by atoms with van der Waals surface area (Å²) < 4.78 is 0. The Balaban J connectivity index is 0.00000161. The van der Waals surface area contributed by atoms with Crippen molar-refractivity contribution in [3.8, 4) is 0 Å². The number of carbonyl (C=O) groups excluding carboxylic acids is 1. The molecule has 0 aromatic carbocycles. The van der Waals surface area contributed by atoms with Gasteiger partial charge in [-0.1, -0.05) is 0 Å². The van der Waals surface area contributed by atoms with Crippen LogP contribution in [0.4, 0.5) is 5.69 Å². The molecule has 0 radical (unpaired) electrons. The van der Waals surface area contributed by atoms with Gasteiger partial charge in [0.25, 0.3) is 5.91 Å². The number of anilines is 1. The van der Waals surface area contributed by atoms with E-state index in [-0.39, 0.29) is 49.2 Å². The van der Waals surface area contributed by atoms with Crippen LogP contribution in [-0.4, -0.2) is 21.9 Å². The summed E-state index contributed by atoms with van der Waals surface area (Å²) in [5.41, 5.74) is 9.42. The second-order valence-electron chi connectivity index (χ2n) is 5.03. The molecule has 3 N–H and O–H groups in total. The molecule has 0 fully saturated rings. The number of carbonyl (C=O) groups is 1. The summed E-state index contributed by atoms with van der Waals surface area (Å²) >= 11 is 0. The van der Waals surface area contributed by atoms with E-state index in [2.05, 4.69) is 15.3 Å². The molecule has 0 aliphatic heterocycles. The third-order valence-corrected chi connectivity index (χ3v) is 3.48. The molecule has 2 aromatic heterocycles. The number of nitrogens with two attached hydrogens (primary N) is 1. The molecule has 23 heavy (non-hydrogen) atoms. The van der Waals surface area contributed by atoms with Crippen molar-refractivity contribution < 1.29 is 4.79 Å². The van der Waals surface area contributed by atoms with Crippen LogP contribution in [-0.2, 0) is 12.8 Å². The number of nitrogens with zero attached hydrogens (tertiary/aromatic N) is 2. The second-order valence-corrected chi connectivity index (χ2v) is 5.03. The van der Waals surface area contributed by atoms with Gasteiger partial charge in [-0.05, 0) is 43.0 Å². The van der Waals surface area contributed by atoms with Gasteiger partial charge in [-0.2, -0.15) is 0 Å². The maximum absolute atomic E-state index is 12.0. The Morgan fingerprint density at radius 2 is 2.04 bits per heavy atom. The van der Waals surface area contributed by atoms with Crippen molar-refractivity contribution >= 4 is 48.8 Å². The van der Waals surface area contributed by atoms with Gasteiger partial charge in [0.2, 0.25) is 0 Å². The predicted octanol–water partition coefficient (Wildman–Crippen LogP) is 2.81. The number of rotatable bonds is 2. The van der Waals surface area contributed by atoms with E-state index in [1.54, 1.807) is 24.5 Å². The number of pyridine rings is 2. The molecule has 0 saturated carbocycles. The fourth-order valence-electron chi connectivity index (χ4n) is 2.42. The SMILES string of the molecule is Cl.Cl.Cl.NC1CCc2ncc(NC(=O)c3cccnc3)cc2C1. The van der Waals surface area contributed by atoms with Gasteiger partial charge in [-0.25, -0.2) is 0 Å². The molecule has 1 unspecified atom stereocenters. The van der Waals surface area contributed by atoms with Crippen LogP contribution in [0.1, 0.15) is 28.0 Å². The third kappa shape index (κ3) is 5.32. The molecule has 0 spiro atoms. The molecule has 0 saturated heterocycles. The van der Waals surface area contributed by atoms with Gasteiger partial charge in [0.05, 0.1) is 17.4 Å². The lowest BCUT2D eigenvalue weighted by Crippen LogP contribution is -2.28. The molecular formula is C15H19Cl3N4O. The van der Waals surface area contributed by atoms with Crippen molar-refractivity contribution in [1.82, 2.24) is 9.97 Å². The fraction of sp³-hybridized carbons (Fsp3) is 0.267. The van der Waals surface area contributed by atoms with Crippen LogP contribution in [0.25, 0.3) is 0 Å². The molecule has 2 aromatic rings. The highest BCUT2D eigenvalue weighted by Gasteiger charge is 2.17. The molecule has 2 heterocycles. The standard InChI is InChI=1S/C15H16N4O.3ClH/c16-12-3-4-14-11(6-12)7-13(9-18-14)19-15(20)10-2-1-5-17-8-10;;;/h1-2,5,7-9,12H,3-4,6,16H2,(H,19,20);3*1H. The molecule has 1 atom stereocenters. The molecule has 126 valence electrons. The van der Waals surface area contributed by atoms with Gasteiger partial charge in [-0.15, -0.1) is 37.2 Å². The van der Waals surface area contributed by atoms with Crippen LogP contribution >= 0.6 is 37.2 Å². The van der Waals surface area contributed by atoms with Gasteiger partial charge in [-0.3, -0.25) is 14.8 Å². The number of amides is 1. The van der Waals surface area contributed by atoms with E-state index >= 15 is 0 Å². The monoisotopic (exact) mass is 376 g/mol. The Bertz CT molecular complexity index is 640. The van der Waals surface area contributed by atoms with Crippen LogP contribution in [0.3, 0.4) is 0 Å². The Morgan fingerprint density at radius 1 is 1.26 bits per heavy atom. The van der Waals surface area contributed by atoms with Crippen LogP contribution < -0.4 is 11.1 Å².